The molecule has 3 aromatic rings. The molecule has 0 saturated carbocycles. The Bertz CT molecular complexity index is 2840. The maximum absolute atomic E-state index is 9.93. The van der Waals surface area contributed by atoms with Crippen molar-refractivity contribution in [2.24, 2.45) is 0 Å². The van der Waals surface area contributed by atoms with Crippen LogP contribution in [0.1, 0.15) is 0 Å². The van der Waals surface area contributed by atoms with Crippen LogP contribution >= 0.6 is 0 Å². The van der Waals surface area contributed by atoms with Gasteiger partial charge in [0.25, 0.3) is 0 Å². The monoisotopic (exact) mass is 632 g/mol. The molecule has 0 bridgehead atoms. The zero-order chi connectivity index (χ0) is 32.5. The van der Waals surface area contributed by atoms with Crippen LogP contribution < -0.4 is 25.5 Å². The Morgan fingerprint density at radius 1 is 0.479 bits per heavy atom. The number of phenolic OH excluding ortho intramolecular Hbond substituents is 1. The molecule has 0 saturated heterocycles. The molecule has 9 rings (SSSR count). The zero-order valence-corrected chi connectivity index (χ0v) is 24.6. The summed E-state index contributed by atoms with van der Waals surface area (Å²) in [5.74, 6) is 2.45. The van der Waals surface area contributed by atoms with E-state index < -0.39 is 0 Å². The van der Waals surface area contributed by atoms with Gasteiger partial charge in [0.1, 0.15) is 61.6 Å². The van der Waals surface area contributed by atoms with Crippen LogP contribution in [0, 0.1) is 16.2 Å². The number of phenols is 1. The molecule has 0 radical (unpaired) electrons. The molecule has 3 aliphatic carbocycles. The SMILES string of the molecule is N=c1cc2oc3ccc(Oc4cc5nc6cc(Oc7cc8nc9ccccc9oc-8cc7=N)ccc6oc-5cc4=N)cc3nc-2cc1O. The Balaban J connectivity index is 1.05. The van der Waals surface area contributed by atoms with Crippen molar-refractivity contribution in [1.29, 1.82) is 16.2 Å². The molecule has 12 heteroatoms. The van der Waals surface area contributed by atoms with Gasteiger partial charge in [-0.1, -0.05) is 12.1 Å². The van der Waals surface area contributed by atoms with Crippen LogP contribution in [0.5, 0.6) is 28.7 Å². The summed E-state index contributed by atoms with van der Waals surface area (Å²) < 4.78 is 30.0. The van der Waals surface area contributed by atoms with Gasteiger partial charge in [-0.25, -0.2) is 15.0 Å². The van der Waals surface area contributed by atoms with Crippen molar-refractivity contribution in [2.45, 2.75) is 0 Å². The minimum atomic E-state index is -0.201. The van der Waals surface area contributed by atoms with Gasteiger partial charge in [-0.3, -0.25) is 16.2 Å². The second-order valence-electron chi connectivity index (χ2n) is 11.0. The smallest absolute Gasteiger partial charge is 0.155 e. The van der Waals surface area contributed by atoms with Crippen LogP contribution in [0.2, 0.25) is 0 Å². The second kappa shape index (κ2) is 10.2. The third-order valence-electron chi connectivity index (χ3n) is 7.76. The minimum Gasteiger partial charge on any atom is -0.506 e. The summed E-state index contributed by atoms with van der Waals surface area (Å²) in [6.07, 6.45) is 0. The summed E-state index contributed by atoms with van der Waals surface area (Å²) in [6.45, 7) is 0. The van der Waals surface area contributed by atoms with Gasteiger partial charge < -0.3 is 27.8 Å². The first-order valence-electron chi connectivity index (χ1n) is 14.6. The van der Waals surface area contributed by atoms with E-state index in [1.807, 2.05) is 24.3 Å². The Morgan fingerprint density at radius 2 is 0.938 bits per heavy atom. The molecule has 4 N–H and O–H groups in total. The van der Waals surface area contributed by atoms with Crippen molar-refractivity contribution in [3.05, 3.63) is 113 Å². The number of benzene rings is 6. The van der Waals surface area contributed by atoms with Crippen LogP contribution in [-0.2, 0) is 0 Å². The predicted molar refractivity (Wildman–Crippen MR) is 171 cm³/mol. The molecule has 3 heterocycles. The van der Waals surface area contributed by atoms with Crippen molar-refractivity contribution >= 4 is 33.3 Å². The summed E-state index contributed by atoms with van der Waals surface area (Å²) >= 11 is 0. The van der Waals surface area contributed by atoms with E-state index in [1.54, 1.807) is 54.6 Å². The molecule has 3 aromatic carbocycles. The van der Waals surface area contributed by atoms with E-state index in [9.17, 15) is 5.11 Å². The van der Waals surface area contributed by atoms with Gasteiger partial charge in [-0.05, 0) is 36.4 Å². The summed E-state index contributed by atoms with van der Waals surface area (Å²) in [5, 5.41) is 35.0. The lowest BCUT2D eigenvalue weighted by Crippen LogP contribution is -2.07. The maximum atomic E-state index is 9.93. The molecule has 0 unspecified atom stereocenters. The summed E-state index contributed by atoms with van der Waals surface area (Å²) in [7, 11) is 0. The molecule has 48 heavy (non-hydrogen) atoms. The standard InChI is InChI=1S/C36H20N6O6/c37-19-11-34-25(14-28(19)43)41-23-9-17(5-7-30(23)47-34)45-33-16-27-36(13-21(33)39)48-31-8-6-18(10-24(31)42-27)44-32-15-26-35(12-20(32)38)46-29-4-2-1-3-22(29)40-26/h1-16,37-39,43H. The topological polar surface area (TPSA) is 188 Å². The third kappa shape index (κ3) is 4.63. The van der Waals surface area contributed by atoms with Crippen LogP contribution in [0.15, 0.2) is 110 Å². The fourth-order valence-electron chi connectivity index (χ4n) is 5.44. The van der Waals surface area contributed by atoms with E-state index in [1.165, 1.54) is 18.2 Å². The van der Waals surface area contributed by atoms with Crippen molar-refractivity contribution in [3.8, 4) is 63.1 Å². The van der Waals surface area contributed by atoms with Crippen LogP contribution in [0.4, 0.5) is 0 Å². The lowest BCUT2D eigenvalue weighted by molar-refractivity contribution is 0.465. The van der Waals surface area contributed by atoms with E-state index >= 15 is 0 Å². The van der Waals surface area contributed by atoms with E-state index in [4.69, 9.17) is 43.9 Å². The van der Waals surface area contributed by atoms with Crippen LogP contribution in [0.25, 0.3) is 67.7 Å². The van der Waals surface area contributed by atoms with Crippen molar-refractivity contribution in [2.75, 3.05) is 0 Å². The van der Waals surface area contributed by atoms with Gasteiger partial charge in [0.15, 0.2) is 45.5 Å². The number of aromatic hydroxyl groups is 1. The quantitative estimate of drug-likeness (QED) is 0.146. The summed E-state index contributed by atoms with van der Waals surface area (Å²) in [5.41, 5.74) is 4.65. The average Bonchev–Trinajstić information content (AvgIpc) is 3.07. The minimum absolute atomic E-state index is 0.0569. The number of fused-ring (bicyclic) bond motifs is 6. The number of hydrogen-bond acceptors (Lipinski definition) is 12. The highest BCUT2D eigenvalue weighted by Gasteiger charge is 2.17. The highest BCUT2D eigenvalue weighted by molar-refractivity contribution is 5.80. The van der Waals surface area contributed by atoms with Gasteiger partial charge >= 0.3 is 0 Å². The van der Waals surface area contributed by atoms with E-state index in [0.717, 1.165) is 0 Å². The Kier molecular flexibility index (Phi) is 5.80. The molecule has 12 nitrogen and oxygen atoms in total. The van der Waals surface area contributed by atoms with Gasteiger partial charge in [0.05, 0.1) is 5.36 Å². The lowest BCUT2D eigenvalue weighted by atomic mass is 10.2. The van der Waals surface area contributed by atoms with Crippen LogP contribution in [0.3, 0.4) is 0 Å². The number of nitrogens with one attached hydrogen (secondary N) is 3. The van der Waals surface area contributed by atoms with E-state index in [2.05, 4.69) is 9.97 Å². The summed E-state index contributed by atoms with van der Waals surface area (Å²) in [4.78, 5) is 13.9. The summed E-state index contributed by atoms with van der Waals surface area (Å²) in [6, 6.07) is 26.8. The number of ether oxygens (including phenoxy) is 2. The molecule has 0 atom stereocenters. The first-order chi connectivity index (χ1) is 23.3. The molecule has 230 valence electrons. The maximum Gasteiger partial charge on any atom is 0.155 e. The Hall–Kier alpha value is -7.08. The number of nitrogens with zero attached hydrogens (tertiary/aromatic N) is 3. The van der Waals surface area contributed by atoms with Crippen molar-refractivity contribution in [3.63, 3.8) is 0 Å². The Labute approximate surface area is 268 Å². The van der Waals surface area contributed by atoms with Gasteiger partial charge in [-0.15, -0.1) is 0 Å². The molecule has 0 fully saturated rings. The zero-order valence-electron chi connectivity index (χ0n) is 24.6. The number of rotatable bonds is 4. The molecule has 0 spiro atoms. The number of para-hydroxylation sites is 2. The fraction of sp³-hybridized carbons (Fsp3) is 0. The molecule has 0 amide bonds. The first-order valence-corrected chi connectivity index (χ1v) is 14.6. The molecule has 6 aliphatic rings. The predicted octanol–water partition coefficient (Wildman–Crippen LogP) is 7.15. The average molecular weight is 633 g/mol. The van der Waals surface area contributed by atoms with Gasteiger partial charge in [0, 0.05) is 48.5 Å². The second-order valence-corrected chi connectivity index (χ2v) is 11.0. The first kappa shape index (κ1) is 27.2. The normalized spacial score (nSPS) is 11.7. The van der Waals surface area contributed by atoms with Crippen molar-refractivity contribution < 1.29 is 27.8 Å². The van der Waals surface area contributed by atoms with Crippen LogP contribution in [-0.4, -0.2) is 20.1 Å². The fourth-order valence-corrected chi connectivity index (χ4v) is 5.44. The highest BCUT2D eigenvalue weighted by atomic mass is 16.5. The largest absolute Gasteiger partial charge is 0.506 e. The van der Waals surface area contributed by atoms with E-state index in [0.29, 0.717) is 84.9 Å². The third-order valence-corrected chi connectivity index (χ3v) is 7.76. The van der Waals surface area contributed by atoms with E-state index in [-0.39, 0.29) is 27.6 Å². The molecular weight excluding hydrogens is 612 g/mol. The number of aromatic nitrogens is 3. The van der Waals surface area contributed by atoms with Gasteiger partial charge in [-0.2, -0.15) is 0 Å². The number of hydrogen-bond donors (Lipinski definition) is 4. The molecule has 0 aromatic heterocycles. The highest BCUT2D eigenvalue weighted by Crippen LogP contribution is 2.34. The molecule has 3 aliphatic heterocycles. The molecular formula is C36H20N6O6. The van der Waals surface area contributed by atoms with Crippen molar-refractivity contribution in [1.82, 2.24) is 15.0 Å². The Morgan fingerprint density at radius 3 is 1.50 bits per heavy atom. The lowest BCUT2D eigenvalue weighted by Gasteiger charge is -2.13. The van der Waals surface area contributed by atoms with Gasteiger partial charge in [0.2, 0.25) is 0 Å².